The van der Waals surface area contributed by atoms with Crippen molar-refractivity contribution in [3.8, 4) is 5.69 Å². The number of hydrogen-bond donors (Lipinski definition) is 2. The molecule has 0 spiro atoms. The molecule has 0 aliphatic heterocycles. The minimum Gasteiger partial charge on any atom is -0.376 e. The second kappa shape index (κ2) is 4.97. The predicted molar refractivity (Wildman–Crippen MR) is 74.2 cm³/mol. The van der Waals surface area contributed by atoms with Crippen LogP contribution in [0.2, 0.25) is 0 Å². The first kappa shape index (κ1) is 11.5. The molecule has 5 heteroatoms. The van der Waals surface area contributed by atoms with Crippen molar-refractivity contribution < 1.29 is 0 Å². The van der Waals surface area contributed by atoms with Gasteiger partial charge < -0.3 is 10.3 Å². The van der Waals surface area contributed by atoms with Crippen LogP contribution in [0.5, 0.6) is 0 Å². The molecule has 0 saturated heterocycles. The van der Waals surface area contributed by atoms with Gasteiger partial charge in [-0.1, -0.05) is 12.1 Å². The number of hydrogen-bond acceptors (Lipinski definition) is 3. The van der Waals surface area contributed by atoms with Gasteiger partial charge in [-0.3, -0.25) is 0 Å². The van der Waals surface area contributed by atoms with Crippen LogP contribution in [0.4, 0.5) is 5.69 Å². The summed E-state index contributed by atoms with van der Waals surface area (Å²) < 4.78 is 1.87. The highest BCUT2D eigenvalue weighted by molar-refractivity contribution is 5.60. The van der Waals surface area contributed by atoms with Crippen molar-refractivity contribution in [3.63, 3.8) is 0 Å². The smallest absolute Gasteiger partial charge is 0.125 e. The lowest BCUT2D eigenvalue weighted by molar-refractivity contribution is 0.860. The second-order valence-electron chi connectivity index (χ2n) is 4.31. The summed E-state index contributed by atoms with van der Waals surface area (Å²) in [5, 5.41) is 7.81. The van der Waals surface area contributed by atoms with Crippen molar-refractivity contribution in [3.05, 3.63) is 60.4 Å². The van der Waals surface area contributed by atoms with Gasteiger partial charge in [0.25, 0.3) is 0 Å². The normalized spacial score (nSPS) is 10.6. The van der Waals surface area contributed by atoms with Gasteiger partial charge in [0.2, 0.25) is 0 Å². The lowest BCUT2D eigenvalue weighted by Gasteiger charge is -2.11. The quantitative estimate of drug-likeness (QED) is 0.751. The van der Waals surface area contributed by atoms with Crippen molar-refractivity contribution in [2.75, 3.05) is 5.32 Å². The molecule has 2 aromatic heterocycles. The molecule has 0 bridgehead atoms. The summed E-state index contributed by atoms with van der Waals surface area (Å²) in [6.45, 7) is 2.64. The number of nitrogens with one attached hydrogen (secondary N) is 2. The summed E-state index contributed by atoms with van der Waals surface area (Å²) in [6.07, 6.45) is 5.53. The minimum atomic E-state index is 0.657. The van der Waals surface area contributed by atoms with Crippen LogP contribution in [0.1, 0.15) is 11.5 Å². The largest absolute Gasteiger partial charge is 0.376 e. The number of aryl methyl sites for hydroxylation is 1. The third kappa shape index (κ3) is 2.49. The average molecular weight is 253 g/mol. The van der Waals surface area contributed by atoms with E-state index >= 15 is 0 Å². The predicted octanol–water partition coefficient (Wildman–Crippen LogP) is 2.52. The summed E-state index contributed by atoms with van der Waals surface area (Å²) in [4.78, 5) is 7.27. The maximum Gasteiger partial charge on any atom is 0.125 e. The second-order valence-corrected chi connectivity index (χ2v) is 4.31. The SMILES string of the molecule is Cc1ccn(-c2ccccc2NCc2ncc[nH]2)n1. The summed E-state index contributed by atoms with van der Waals surface area (Å²) in [6, 6.07) is 10.1. The van der Waals surface area contributed by atoms with Gasteiger partial charge in [-0.25, -0.2) is 9.67 Å². The van der Waals surface area contributed by atoms with Gasteiger partial charge in [0.15, 0.2) is 0 Å². The highest BCUT2D eigenvalue weighted by Gasteiger charge is 2.05. The van der Waals surface area contributed by atoms with E-state index in [1.165, 1.54) is 0 Å². The first-order valence-electron chi connectivity index (χ1n) is 6.17. The molecule has 96 valence electrons. The molecule has 2 heterocycles. The van der Waals surface area contributed by atoms with E-state index < -0.39 is 0 Å². The number of rotatable bonds is 4. The fourth-order valence-electron chi connectivity index (χ4n) is 1.95. The van der Waals surface area contributed by atoms with E-state index in [9.17, 15) is 0 Å². The molecular formula is C14H15N5. The molecular weight excluding hydrogens is 238 g/mol. The van der Waals surface area contributed by atoms with Gasteiger partial charge in [-0.05, 0) is 25.1 Å². The van der Waals surface area contributed by atoms with E-state index in [1.807, 2.05) is 54.3 Å². The third-order valence-electron chi connectivity index (χ3n) is 2.87. The molecule has 3 rings (SSSR count). The van der Waals surface area contributed by atoms with E-state index in [4.69, 9.17) is 0 Å². The number of imidazole rings is 1. The zero-order valence-corrected chi connectivity index (χ0v) is 10.7. The van der Waals surface area contributed by atoms with Crippen molar-refractivity contribution in [1.29, 1.82) is 0 Å². The maximum atomic E-state index is 4.44. The van der Waals surface area contributed by atoms with Gasteiger partial charge in [-0.15, -0.1) is 0 Å². The van der Waals surface area contributed by atoms with Gasteiger partial charge in [0.05, 0.1) is 23.6 Å². The molecule has 19 heavy (non-hydrogen) atoms. The van der Waals surface area contributed by atoms with E-state index in [1.54, 1.807) is 6.20 Å². The molecule has 0 unspecified atom stereocenters. The number of nitrogens with zero attached hydrogens (tertiary/aromatic N) is 3. The Morgan fingerprint density at radius 3 is 2.89 bits per heavy atom. The maximum absolute atomic E-state index is 4.44. The van der Waals surface area contributed by atoms with Crippen LogP contribution < -0.4 is 5.32 Å². The molecule has 0 fully saturated rings. The number of benzene rings is 1. The molecule has 0 amide bonds. The first-order chi connectivity index (χ1) is 9.33. The Morgan fingerprint density at radius 1 is 1.26 bits per heavy atom. The summed E-state index contributed by atoms with van der Waals surface area (Å²) in [5.41, 5.74) is 3.06. The summed E-state index contributed by atoms with van der Waals surface area (Å²) in [7, 11) is 0. The molecule has 0 aliphatic rings. The molecule has 3 aromatic rings. The van der Waals surface area contributed by atoms with Crippen LogP contribution in [0.25, 0.3) is 5.69 Å². The summed E-state index contributed by atoms with van der Waals surface area (Å²) >= 11 is 0. The van der Waals surface area contributed by atoms with Crippen LogP contribution in [0, 0.1) is 6.92 Å². The zero-order valence-electron chi connectivity index (χ0n) is 10.7. The molecule has 0 atom stereocenters. The molecule has 5 nitrogen and oxygen atoms in total. The number of aromatic nitrogens is 4. The van der Waals surface area contributed by atoms with Crippen molar-refractivity contribution in [1.82, 2.24) is 19.7 Å². The first-order valence-corrected chi connectivity index (χ1v) is 6.17. The fraction of sp³-hybridized carbons (Fsp3) is 0.143. The number of aromatic amines is 1. The van der Waals surface area contributed by atoms with Crippen LogP contribution in [0.15, 0.2) is 48.9 Å². The van der Waals surface area contributed by atoms with E-state index in [0.29, 0.717) is 6.54 Å². The zero-order chi connectivity index (χ0) is 13.1. The third-order valence-corrected chi connectivity index (χ3v) is 2.87. The highest BCUT2D eigenvalue weighted by Crippen LogP contribution is 2.19. The van der Waals surface area contributed by atoms with Crippen molar-refractivity contribution in [2.24, 2.45) is 0 Å². The molecule has 1 aromatic carbocycles. The highest BCUT2D eigenvalue weighted by atomic mass is 15.3. The molecule has 0 radical (unpaired) electrons. The minimum absolute atomic E-state index is 0.657. The van der Waals surface area contributed by atoms with E-state index in [0.717, 1.165) is 22.9 Å². The van der Waals surface area contributed by atoms with Crippen LogP contribution in [-0.2, 0) is 6.54 Å². The molecule has 2 N–H and O–H groups in total. The lowest BCUT2D eigenvalue weighted by Crippen LogP contribution is -2.05. The van der Waals surface area contributed by atoms with Crippen molar-refractivity contribution >= 4 is 5.69 Å². The Bertz CT molecular complexity index is 654. The number of H-pyrrole nitrogens is 1. The van der Waals surface area contributed by atoms with Gasteiger partial charge in [-0.2, -0.15) is 5.10 Å². The monoisotopic (exact) mass is 253 g/mol. The average Bonchev–Trinajstić information content (AvgIpc) is 3.08. The van der Waals surface area contributed by atoms with Gasteiger partial charge in [0, 0.05) is 18.6 Å². The van der Waals surface area contributed by atoms with E-state index in [-0.39, 0.29) is 0 Å². The molecule has 0 aliphatic carbocycles. The topological polar surface area (TPSA) is 58.5 Å². The standard InChI is InChI=1S/C14H15N5/c1-11-6-9-19(18-11)13-5-3-2-4-12(13)17-10-14-15-7-8-16-14/h2-9,17H,10H2,1H3,(H,15,16). The Kier molecular flexibility index (Phi) is 3.02. The van der Waals surface area contributed by atoms with Gasteiger partial charge >= 0.3 is 0 Å². The van der Waals surface area contributed by atoms with Crippen LogP contribution in [0.3, 0.4) is 0 Å². The molecule has 0 saturated carbocycles. The summed E-state index contributed by atoms with van der Waals surface area (Å²) in [5.74, 6) is 0.909. The lowest BCUT2D eigenvalue weighted by atomic mass is 10.2. The van der Waals surface area contributed by atoms with Crippen molar-refractivity contribution in [2.45, 2.75) is 13.5 Å². The Labute approximate surface area is 111 Å². The van der Waals surface area contributed by atoms with Gasteiger partial charge in [0.1, 0.15) is 5.82 Å². The number of para-hydroxylation sites is 2. The Morgan fingerprint density at radius 2 is 2.16 bits per heavy atom. The van der Waals surface area contributed by atoms with Crippen LogP contribution in [-0.4, -0.2) is 19.7 Å². The van der Waals surface area contributed by atoms with E-state index in [2.05, 4.69) is 20.4 Å². The number of anilines is 1. The Balaban J connectivity index is 1.85. The fourth-order valence-corrected chi connectivity index (χ4v) is 1.95. The Hall–Kier alpha value is -2.56. The van der Waals surface area contributed by atoms with Crippen LogP contribution >= 0.6 is 0 Å².